The zero-order valence-corrected chi connectivity index (χ0v) is 11.5. The number of carbonyl (C=O) groups is 1. The molecular formula is C17H17N2O2. The summed E-state index contributed by atoms with van der Waals surface area (Å²) in [6, 6.07) is 14.6. The van der Waals surface area contributed by atoms with Crippen molar-refractivity contribution >= 4 is 23.4 Å². The van der Waals surface area contributed by atoms with Crippen LogP contribution in [0.2, 0.25) is 0 Å². The van der Waals surface area contributed by atoms with E-state index >= 15 is 0 Å². The van der Waals surface area contributed by atoms with Crippen molar-refractivity contribution in [3.63, 3.8) is 0 Å². The lowest BCUT2D eigenvalue weighted by molar-refractivity contribution is -0.140. The maximum Gasteiger partial charge on any atom is 0.314 e. The first kappa shape index (κ1) is 14.7. The Morgan fingerprint density at radius 2 is 1.52 bits per heavy atom. The molecule has 0 fully saturated rings. The molecule has 0 saturated heterocycles. The minimum absolute atomic E-state index is 0.228. The average Bonchev–Trinajstić information content (AvgIpc) is 2.49. The smallest absolute Gasteiger partial charge is 0.314 e. The largest absolute Gasteiger partial charge is 0.460 e. The minimum atomic E-state index is -0.390. The summed E-state index contributed by atoms with van der Waals surface area (Å²) in [5, 5.41) is 0. The van der Waals surface area contributed by atoms with Crippen LogP contribution in [0.5, 0.6) is 0 Å². The van der Waals surface area contributed by atoms with Crippen LogP contribution < -0.4 is 11.5 Å². The van der Waals surface area contributed by atoms with Crippen LogP contribution in [0, 0.1) is 6.42 Å². The van der Waals surface area contributed by atoms with Gasteiger partial charge in [-0.2, -0.15) is 0 Å². The molecule has 0 heterocycles. The highest BCUT2D eigenvalue weighted by molar-refractivity contribution is 5.82. The van der Waals surface area contributed by atoms with Crippen LogP contribution in [0.25, 0.3) is 6.08 Å². The first-order valence-electron chi connectivity index (χ1n) is 6.51. The van der Waals surface area contributed by atoms with Crippen molar-refractivity contribution in [2.24, 2.45) is 0 Å². The molecule has 0 aliphatic carbocycles. The van der Waals surface area contributed by atoms with Gasteiger partial charge in [-0.05, 0) is 35.4 Å². The lowest BCUT2D eigenvalue weighted by Crippen LogP contribution is -2.03. The van der Waals surface area contributed by atoms with Gasteiger partial charge in [0, 0.05) is 11.4 Å². The summed E-state index contributed by atoms with van der Waals surface area (Å²) in [6.07, 6.45) is 4.84. The van der Waals surface area contributed by atoms with E-state index in [1.807, 2.05) is 30.3 Å². The molecule has 4 nitrogen and oxygen atoms in total. The van der Waals surface area contributed by atoms with E-state index in [9.17, 15) is 4.79 Å². The van der Waals surface area contributed by atoms with Gasteiger partial charge in [-0.1, -0.05) is 36.4 Å². The highest BCUT2D eigenvalue weighted by Crippen LogP contribution is 2.09. The molecule has 2 aromatic carbocycles. The summed E-state index contributed by atoms with van der Waals surface area (Å²) >= 11 is 0. The molecule has 0 aliphatic heterocycles. The highest BCUT2D eigenvalue weighted by Gasteiger charge is 2.01. The Balaban J connectivity index is 1.77. The van der Waals surface area contributed by atoms with Gasteiger partial charge in [0.2, 0.25) is 0 Å². The summed E-state index contributed by atoms with van der Waals surface area (Å²) in [6.45, 7) is 0.228. The molecule has 4 heteroatoms. The van der Waals surface area contributed by atoms with Crippen LogP contribution in [0.4, 0.5) is 11.4 Å². The van der Waals surface area contributed by atoms with Crippen LogP contribution in [0.15, 0.2) is 54.6 Å². The number of ether oxygens (including phenoxy) is 1. The number of anilines is 2. The van der Waals surface area contributed by atoms with Crippen LogP contribution in [-0.2, 0) is 16.1 Å². The number of carbonyl (C=O) groups excluding carboxylic acids is 1. The molecule has 0 spiro atoms. The fraction of sp³-hybridized carbons (Fsp3) is 0.0588. The molecule has 107 valence electrons. The Morgan fingerprint density at radius 3 is 2.14 bits per heavy atom. The minimum Gasteiger partial charge on any atom is -0.460 e. The Bertz CT molecular complexity index is 616. The maximum atomic E-state index is 11.6. The predicted octanol–water partition coefficient (Wildman–Crippen LogP) is 2.81. The van der Waals surface area contributed by atoms with Gasteiger partial charge >= 0.3 is 5.97 Å². The van der Waals surface area contributed by atoms with Crippen LogP contribution in [0.1, 0.15) is 11.1 Å². The quantitative estimate of drug-likeness (QED) is 0.652. The number of hydrogen-bond acceptors (Lipinski definition) is 4. The van der Waals surface area contributed by atoms with Crippen molar-refractivity contribution in [3.8, 4) is 0 Å². The normalized spacial score (nSPS) is 10.7. The maximum absolute atomic E-state index is 11.6. The van der Waals surface area contributed by atoms with E-state index in [2.05, 4.69) is 0 Å². The van der Waals surface area contributed by atoms with Crippen molar-refractivity contribution in [2.45, 2.75) is 6.61 Å². The molecule has 0 unspecified atom stereocenters. The van der Waals surface area contributed by atoms with E-state index in [0.29, 0.717) is 11.4 Å². The molecule has 2 rings (SSSR count). The van der Waals surface area contributed by atoms with E-state index in [4.69, 9.17) is 16.2 Å². The van der Waals surface area contributed by atoms with E-state index in [-0.39, 0.29) is 6.61 Å². The van der Waals surface area contributed by atoms with Crippen molar-refractivity contribution in [2.75, 3.05) is 11.5 Å². The molecule has 1 radical (unpaired) electrons. The first-order chi connectivity index (χ1) is 10.1. The molecule has 0 amide bonds. The van der Waals surface area contributed by atoms with Gasteiger partial charge in [0.15, 0.2) is 0 Å². The number of nitrogens with two attached hydrogens (primary N) is 2. The summed E-state index contributed by atoms with van der Waals surface area (Å²) in [5.41, 5.74) is 14.4. The number of benzene rings is 2. The second-order valence-electron chi connectivity index (χ2n) is 4.54. The molecular weight excluding hydrogens is 264 g/mol. The Morgan fingerprint density at radius 1 is 0.952 bits per heavy atom. The second kappa shape index (κ2) is 7.14. The highest BCUT2D eigenvalue weighted by atomic mass is 16.5. The molecule has 0 aromatic heterocycles. The summed E-state index contributed by atoms with van der Waals surface area (Å²) < 4.78 is 5.12. The van der Waals surface area contributed by atoms with Crippen molar-refractivity contribution < 1.29 is 9.53 Å². The van der Waals surface area contributed by atoms with E-state index in [0.717, 1.165) is 11.1 Å². The van der Waals surface area contributed by atoms with Crippen molar-refractivity contribution in [1.29, 1.82) is 0 Å². The molecule has 0 aliphatic rings. The fourth-order valence-corrected chi connectivity index (χ4v) is 1.66. The molecule has 0 bridgehead atoms. The Hall–Kier alpha value is -2.75. The van der Waals surface area contributed by atoms with Gasteiger partial charge in [-0.15, -0.1) is 0 Å². The lowest BCUT2D eigenvalue weighted by atomic mass is 10.2. The molecule has 0 atom stereocenters. The summed E-state index contributed by atoms with van der Waals surface area (Å²) in [5.74, 6) is -0.390. The zero-order valence-electron chi connectivity index (χ0n) is 11.5. The van der Waals surface area contributed by atoms with Crippen LogP contribution in [-0.4, -0.2) is 5.97 Å². The SMILES string of the molecule is Nc1ccc(C=C[CH]C(=O)OCc2ccc(N)cc2)cc1. The van der Waals surface area contributed by atoms with Crippen LogP contribution >= 0.6 is 0 Å². The van der Waals surface area contributed by atoms with Gasteiger partial charge in [0.1, 0.15) is 6.61 Å². The molecule has 4 N–H and O–H groups in total. The number of hydrogen-bond donors (Lipinski definition) is 2. The number of nitrogen functional groups attached to an aromatic ring is 2. The lowest BCUT2D eigenvalue weighted by Gasteiger charge is -2.03. The topological polar surface area (TPSA) is 78.3 Å². The third-order valence-electron chi connectivity index (χ3n) is 2.82. The van der Waals surface area contributed by atoms with Gasteiger partial charge < -0.3 is 16.2 Å². The van der Waals surface area contributed by atoms with E-state index in [1.54, 1.807) is 30.3 Å². The molecule has 21 heavy (non-hydrogen) atoms. The van der Waals surface area contributed by atoms with E-state index < -0.39 is 5.97 Å². The molecule has 2 aromatic rings. The third-order valence-corrected chi connectivity index (χ3v) is 2.82. The van der Waals surface area contributed by atoms with Crippen molar-refractivity contribution in [1.82, 2.24) is 0 Å². The van der Waals surface area contributed by atoms with Gasteiger partial charge in [0.25, 0.3) is 0 Å². The Labute approximate surface area is 124 Å². The Kier molecular flexibility index (Phi) is 4.99. The monoisotopic (exact) mass is 281 g/mol. The first-order valence-corrected chi connectivity index (χ1v) is 6.51. The summed E-state index contributed by atoms with van der Waals surface area (Å²) in [7, 11) is 0. The second-order valence-corrected chi connectivity index (χ2v) is 4.54. The standard InChI is InChI=1S/C17H17N2O2/c18-15-8-4-13(5-9-15)2-1-3-17(20)21-12-14-6-10-16(19)11-7-14/h1-11H,12,18-19H2. The van der Waals surface area contributed by atoms with Gasteiger partial charge in [-0.25, -0.2) is 0 Å². The zero-order chi connectivity index (χ0) is 15.1. The number of esters is 1. The molecule has 0 saturated carbocycles. The average molecular weight is 281 g/mol. The van der Waals surface area contributed by atoms with E-state index in [1.165, 1.54) is 6.42 Å². The fourth-order valence-electron chi connectivity index (χ4n) is 1.66. The predicted molar refractivity (Wildman–Crippen MR) is 84.8 cm³/mol. The number of rotatable bonds is 5. The van der Waals surface area contributed by atoms with Crippen LogP contribution in [0.3, 0.4) is 0 Å². The van der Waals surface area contributed by atoms with Gasteiger partial charge in [0.05, 0.1) is 6.42 Å². The summed E-state index contributed by atoms with van der Waals surface area (Å²) in [4.78, 5) is 11.6. The third kappa shape index (κ3) is 5.03. The van der Waals surface area contributed by atoms with Gasteiger partial charge in [-0.3, -0.25) is 4.79 Å². The van der Waals surface area contributed by atoms with Crippen molar-refractivity contribution in [3.05, 3.63) is 72.2 Å².